The highest BCUT2D eigenvalue weighted by molar-refractivity contribution is 6.32. The number of amides is 1. The molecular weight excluding hydrogens is 485 g/mol. The van der Waals surface area contributed by atoms with Crippen molar-refractivity contribution in [2.24, 2.45) is 0 Å². The van der Waals surface area contributed by atoms with Gasteiger partial charge in [0.05, 0.1) is 23.6 Å². The Balaban J connectivity index is 1.73. The summed E-state index contributed by atoms with van der Waals surface area (Å²) in [5, 5.41) is 1.27. The molecular formula is C28H23Cl2NO4. The van der Waals surface area contributed by atoms with Crippen LogP contribution in [-0.2, 0) is 0 Å². The Hall–Kier alpha value is -3.28. The first-order chi connectivity index (χ1) is 16.9. The predicted octanol–water partition coefficient (Wildman–Crippen LogP) is 7.34. The Labute approximate surface area is 212 Å². The standard InChI is InChI=1S/C28H23Cl2NO4/c1-3-4-12-34-20-7-5-6-17(13-20)25-24-26(32)21-14-18(29)9-11-23(21)35-27(24)28(33)31(25)19-10-8-16(2)22(30)15-19/h5-11,13-15,25H,3-4,12H2,1-2H3. The molecule has 0 N–H and O–H groups in total. The zero-order chi connectivity index (χ0) is 24.7. The third-order valence-corrected chi connectivity index (χ3v) is 6.85. The second kappa shape index (κ2) is 9.40. The van der Waals surface area contributed by atoms with E-state index in [0.717, 1.165) is 24.0 Å². The highest BCUT2D eigenvalue weighted by Gasteiger charge is 2.44. The monoisotopic (exact) mass is 507 g/mol. The lowest BCUT2D eigenvalue weighted by Crippen LogP contribution is -2.29. The van der Waals surface area contributed by atoms with E-state index in [1.165, 1.54) is 0 Å². The Morgan fingerprint density at radius 2 is 1.86 bits per heavy atom. The predicted molar refractivity (Wildman–Crippen MR) is 139 cm³/mol. The number of hydrogen-bond acceptors (Lipinski definition) is 4. The van der Waals surface area contributed by atoms with Gasteiger partial charge in [-0.25, -0.2) is 0 Å². The SMILES string of the molecule is CCCCOc1cccc(C2c3c(oc4ccc(Cl)cc4c3=O)C(=O)N2c2ccc(C)c(Cl)c2)c1. The first-order valence-corrected chi connectivity index (χ1v) is 12.2. The number of unbranched alkanes of at least 4 members (excludes halogenated alkanes) is 1. The van der Waals surface area contributed by atoms with Crippen molar-refractivity contribution in [3.8, 4) is 5.75 Å². The second-order valence-electron chi connectivity index (χ2n) is 8.60. The zero-order valence-electron chi connectivity index (χ0n) is 19.3. The third kappa shape index (κ3) is 4.19. The number of anilines is 1. The van der Waals surface area contributed by atoms with Gasteiger partial charge in [-0.2, -0.15) is 0 Å². The van der Waals surface area contributed by atoms with Crippen LogP contribution < -0.4 is 15.1 Å². The maximum Gasteiger partial charge on any atom is 0.295 e. The summed E-state index contributed by atoms with van der Waals surface area (Å²) in [6.45, 7) is 4.58. The average molecular weight is 508 g/mol. The Morgan fingerprint density at radius 3 is 2.63 bits per heavy atom. The number of nitrogens with zero attached hydrogens (tertiary/aromatic N) is 1. The molecule has 0 radical (unpaired) electrons. The molecule has 0 aliphatic carbocycles. The number of hydrogen-bond donors (Lipinski definition) is 0. The van der Waals surface area contributed by atoms with E-state index in [4.69, 9.17) is 32.4 Å². The van der Waals surface area contributed by atoms with Gasteiger partial charge in [-0.15, -0.1) is 0 Å². The molecule has 5 nitrogen and oxygen atoms in total. The van der Waals surface area contributed by atoms with Crippen LogP contribution in [0, 0.1) is 6.92 Å². The number of carbonyl (C=O) groups is 1. The van der Waals surface area contributed by atoms with Crippen molar-refractivity contribution in [1.82, 2.24) is 0 Å². The molecule has 1 unspecified atom stereocenters. The summed E-state index contributed by atoms with van der Waals surface area (Å²) >= 11 is 12.6. The highest BCUT2D eigenvalue weighted by atomic mass is 35.5. The fourth-order valence-corrected chi connectivity index (χ4v) is 4.71. The van der Waals surface area contributed by atoms with Crippen LogP contribution in [0.5, 0.6) is 5.75 Å². The summed E-state index contributed by atoms with van der Waals surface area (Å²) < 4.78 is 11.9. The van der Waals surface area contributed by atoms with Crippen molar-refractivity contribution in [3.05, 3.63) is 103 Å². The van der Waals surface area contributed by atoms with E-state index in [0.29, 0.717) is 39.1 Å². The minimum atomic E-state index is -0.717. The second-order valence-corrected chi connectivity index (χ2v) is 9.44. The molecule has 7 heteroatoms. The minimum absolute atomic E-state index is 0.0174. The molecule has 0 spiro atoms. The first kappa shape index (κ1) is 23.5. The van der Waals surface area contributed by atoms with E-state index < -0.39 is 11.9 Å². The molecule has 178 valence electrons. The maximum atomic E-state index is 13.7. The number of carbonyl (C=O) groups excluding carboxylic acids is 1. The van der Waals surface area contributed by atoms with E-state index in [2.05, 4.69) is 6.92 Å². The fraction of sp³-hybridized carbons (Fsp3) is 0.214. The molecule has 2 heterocycles. The van der Waals surface area contributed by atoms with Crippen LogP contribution in [0.15, 0.2) is 69.9 Å². The summed E-state index contributed by atoms with van der Waals surface area (Å²) in [5.74, 6) is 0.284. The molecule has 1 amide bonds. The molecule has 1 aliphatic rings. The van der Waals surface area contributed by atoms with Gasteiger partial charge in [0.1, 0.15) is 11.3 Å². The van der Waals surface area contributed by atoms with E-state index in [-0.39, 0.29) is 16.8 Å². The van der Waals surface area contributed by atoms with Crippen molar-refractivity contribution in [1.29, 1.82) is 0 Å². The van der Waals surface area contributed by atoms with Gasteiger partial charge in [-0.3, -0.25) is 14.5 Å². The normalized spacial score (nSPS) is 15.0. The molecule has 0 bridgehead atoms. The third-order valence-electron chi connectivity index (χ3n) is 6.21. The van der Waals surface area contributed by atoms with Gasteiger partial charge >= 0.3 is 0 Å². The Bertz CT molecular complexity index is 1510. The zero-order valence-corrected chi connectivity index (χ0v) is 20.8. The lowest BCUT2D eigenvalue weighted by Gasteiger charge is -2.26. The van der Waals surface area contributed by atoms with Gasteiger partial charge in [-0.1, -0.05) is 54.7 Å². The van der Waals surface area contributed by atoms with Crippen LogP contribution >= 0.6 is 23.2 Å². The molecule has 0 saturated carbocycles. The number of aryl methyl sites for hydroxylation is 1. The van der Waals surface area contributed by atoms with Crippen molar-refractivity contribution in [3.63, 3.8) is 0 Å². The highest BCUT2D eigenvalue weighted by Crippen LogP contribution is 2.42. The molecule has 0 saturated heterocycles. The lowest BCUT2D eigenvalue weighted by atomic mass is 9.98. The number of fused-ring (bicyclic) bond motifs is 2. The number of rotatable bonds is 6. The van der Waals surface area contributed by atoms with E-state index in [9.17, 15) is 9.59 Å². The van der Waals surface area contributed by atoms with Crippen molar-refractivity contribution < 1.29 is 13.9 Å². The van der Waals surface area contributed by atoms with Crippen molar-refractivity contribution >= 4 is 45.8 Å². The summed E-state index contributed by atoms with van der Waals surface area (Å²) in [7, 11) is 0. The van der Waals surface area contributed by atoms with Crippen LogP contribution in [-0.4, -0.2) is 12.5 Å². The molecule has 0 fully saturated rings. The molecule has 35 heavy (non-hydrogen) atoms. The van der Waals surface area contributed by atoms with Gasteiger partial charge in [0.15, 0.2) is 5.43 Å². The number of ether oxygens (including phenoxy) is 1. The molecule has 1 atom stereocenters. The van der Waals surface area contributed by atoms with E-state index in [1.807, 2.05) is 43.3 Å². The number of halogens is 2. The number of benzene rings is 3. The van der Waals surface area contributed by atoms with Crippen LogP contribution in [0.4, 0.5) is 5.69 Å². The average Bonchev–Trinajstić information content (AvgIpc) is 3.14. The van der Waals surface area contributed by atoms with Gasteiger partial charge in [0.2, 0.25) is 5.76 Å². The fourth-order valence-electron chi connectivity index (χ4n) is 4.37. The Kier molecular flexibility index (Phi) is 6.30. The van der Waals surface area contributed by atoms with Gasteiger partial charge in [0.25, 0.3) is 5.91 Å². The summed E-state index contributed by atoms with van der Waals surface area (Å²) in [6.07, 6.45) is 1.95. The smallest absolute Gasteiger partial charge is 0.295 e. The molecule has 1 aromatic heterocycles. The van der Waals surface area contributed by atoms with Gasteiger partial charge < -0.3 is 9.15 Å². The topological polar surface area (TPSA) is 59.8 Å². The molecule has 1 aliphatic heterocycles. The Morgan fingerprint density at radius 1 is 1.03 bits per heavy atom. The maximum absolute atomic E-state index is 13.7. The molecule has 3 aromatic carbocycles. The van der Waals surface area contributed by atoms with Crippen molar-refractivity contribution in [2.75, 3.05) is 11.5 Å². The van der Waals surface area contributed by atoms with E-state index in [1.54, 1.807) is 29.2 Å². The summed E-state index contributed by atoms with van der Waals surface area (Å²) in [6, 6.07) is 17.0. The van der Waals surface area contributed by atoms with E-state index >= 15 is 0 Å². The van der Waals surface area contributed by atoms with Gasteiger partial charge in [-0.05, 0) is 66.9 Å². The first-order valence-electron chi connectivity index (χ1n) is 11.5. The van der Waals surface area contributed by atoms with Crippen LogP contribution in [0.3, 0.4) is 0 Å². The summed E-state index contributed by atoms with van der Waals surface area (Å²) in [5.41, 5.74) is 2.48. The molecule has 4 aromatic rings. The van der Waals surface area contributed by atoms with Gasteiger partial charge in [0, 0.05) is 15.7 Å². The van der Waals surface area contributed by atoms with Crippen LogP contribution in [0.2, 0.25) is 10.0 Å². The minimum Gasteiger partial charge on any atom is -0.494 e. The quantitative estimate of drug-likeness (QED) is 0.256. The lowest BCUT2D eigenvalue weighted by molar-refractivity contribution is 0.0971. The summed E-state index contributed by atoms with van der Waals surface area (Å²) in [4.78, 5) is 29.0. The largest absolute Gasteiger partial charge is 0.494 e. The molecule has 5 rings (SSSR count). The van der Waals surface area contributed by atoms with Crippen LogP contribution in [0.25, 0.3) is 11.0 Å². The van der Waals surface area contributed by atoms with Crippen molar-refractivity contribution in [2.45, 2.75) is 32.7 Å². The van der Waals surface area contributed by atoms with Crippen LogP contribution in [0.1, 0.15) is 53.1 Å².